The third-order valence-corrected chi connectivity index (χ3v) is 3.80. The van der Waals surface area contributed by atoms with Crippen LogP contribution in [0.15, 0.2) is 30.5 Å². The molecular formula is C15H17ClN2O2. The van der Waals surface area contributed by atoms with Crippen LogP contribution in [0.3, 0.4) is 0 Å². The molecule has 0 bridgehead atoms. The number of benzene rings is 1. The minimum absolute atomic E-state index is 0.624. The molecule has 20 heavy (non-hydrogen) atoms. The highest BCUT2D eigenvalue weighted by Gasteiger charge is 2.11. The Bertz CT molecular complexity index is 585. The minimum atomic E-state index is 0.624. The monoisotopic (exact) mass is 292 g/mol. The maximum Gasteiger partial charge on any atom is 0.221 e. The highest BCUT2D eigenvalue weighted by molar-refractivity contribution is 6.35. The van der Waals surface area contributed by atoms with Crippen molar-refractivity contribution in [1.82, 2.24) is 9.88 Å². The summed E-state index contributed by atoms with van der Waals surface area (Å²) in [4.78, 5) is 6.64. The zero-order valence-corrected chi connectivity index (χ0v) is 12.0. The van der Waals surface area contributed by atoms with Gasteiger partial charge in [-0.05, 0) is 18.2 Å². The Kier molecular flexibility index (Phi) is 4.35. The summed E-state index contributed by atoms with van der Waals surface area (Å²) in [5.41, 5.74) is 0. The van der Waals surface area contributed by atoms with Crippen LogP contribution in [0.1, 0.15) is 0 Å². The van der Waals surface area contributed by atoms with E-state index in [9.17, 15) is 0 Å². The molecule has 1 aromatic carbocycles. The van der Waals surface area contributed by atoms with Gasteiger partial charge in [-0.1, -0.05) is 17.7 Å². The predicted molar refractivity (Wildman–Crippen MR) is 79.5 cm³/mol. The van der Waals surface area contributed by atoms with E-state index < -0.39 is 0 Å². The van der Waals surface area contributed by atoms with Crippen LogP contribution >= 0.6 is 11.6 Å². The average molecular weight is 293 g/mol. The molecule has 1 aromatic heterocycles. The van der Waals surface area contributed by atoms with Gasteiger partial charge in [0.2, 0.25) is 5.88 Å². The van der Waals surface area contributed by atoms with E-state index in [1.165, 1.54) is 0 Å². The lowest BCUT2D eigenvalue weighted by molar-refractivity contribution is 0.0321. The summed E-state index contributed by atoms with van der Waals surface area (Å²) < 4.78 is 11.2. The number of nitrogens with zero attached hydrogens (tertiary/aromatic N) is 2. The molecule has 106 valence electrons. The van der Waals surface area contributed by atoms with E-state index in [1.54, 1.807) is 6.20 Å². The molecule has 0 N–H and O–H groups in total. The molecule has 0 spiro atoms. The van der Waals surface area contributed by atoms with Crippen molar-refractivity contribution in [1.29, 1.82) is 0 Å². The summed E-state index contributed by atoms with van der Waals surface area (Å²) in [6.45, 7) is 5.07. The molecule has 3 rings (SSSR count). The van der Waals surface area contributed by atoms with Gasteiger partial charge in [0.15, 0.2) is 0 Å². The van der Waals surface area contributed by atoms with E-state index in [0.717, 1.165) is 48.6 Å². The normalized spacial score (nSPS) is 16.4. The van der Waals surface area contributed by atoms with Crippen LogP contribution in [0.4, 0.5) is 0 Å². The summed E-state index contributed by atoms with van der Waals surface area (Å²) in [7, 11) is 0. The fraction of sp³-hybridized carbons (Fsp3) is 0.400. The van der Waals surface area contributed by atoms with E-state index >= 15 is 0 Å². The van der Waals surface area contributed by atoms with Crippen LogP contribution in [0.2, 0.25) is 5.02 Å². The molecule has 2 heterocycles. The van der Waals surface area contributed by atoms with Gasteiger partial charge < -0.3 is 9.47 Å². The first-order valence-electron chi connectivity index (χ1n) is 6.81. The number of morpholine rings is 1. The maximum absolute atomic E-state index is 6.18. The number of halogens is 1. The van der Waals surface area contributed by atoms with E-state index in [1.807, 2.05) is 24.3 Å². The molecule has 2 aromatic rings. The van der Waals surface area contributed by atoms with Gasteiger partial charge in [0, 0.05) is 41.6 Å². The van der Waals surface area contributed by atoms with Gasteiger partial charge in [0.05, 0.1) is 13.2 Å². The number of ether oxygens (including phenoxy) is 2. The molecule has 0 radical (unpaired) electrons. The van der Waals surface area contributed by atoms with Crippen LogP contribution in [-0.4, -0.2) is 49.3 Å². The van der Waals surface area contributed by atoms with Crippen LogP contribution in [-0.2, 0) is 4.74 Å². The smallest absolute Gasteiger partial charge is 0.221 e. The first-order chi connectivity index (χ1) is 9.84. The lowest BCUT2D eigenvalue weighted by Gasteiger charge is -2.26. The SMILES string of the molecule is Clc1cccc2c(OCCN3CCOCC3)nccc12. The van der Waals surface area contributed by atoms with Gasteiger partial charge in [0.25, 0.3) is 0 Å². The molecule has 4 nitrogen and oxygen atoms in total. The largest absolute Gasteiger partial charge is 0.476 e. The van der Waals surface area contributed by atoms with Crippen molar-refractivity contribution in [3.8, 4) is 5.88 Å². The number of pyridine rings is 1. The lowest BCUT2D eigenvalue weighted by atomic mass is 10.2. The Morgan fingerprint density at radius 2 is 2.05 bits per heavy atom. The van der Waals surface area contributed by atoms with E-state index in [0.29, 0.717) is 12.5 Å². The molecule has 1 aliphatic heterocycles. The summed E-state index contributed by atoms with van der Waals surface area (Å²) in [6, 6.07) is 7.69. The fourth-order valence-corrected chi connectivity index (χ4v) is 2.59. The topological polar surface area (TPSA) is 34.6 Å². The summed E-state index contributed by atoms with van der Waals surface area (Å²) in [5.74, 6) is 0.651. The number of rotatable bonds is 4. The van der Waals surface area contributed by atoms with Crippen LogP contribution in [0.25, 0.3) is 10.8 Å². The molecule has 0 unspecified atom stereocenters. The van der Waals surface area contributed by atoms with E-state index in [4.69, 9.17) is 21.1 Å². The van der Waals surface area contributed by atoms with Crippen molar-refractivity contribution in [2.24, 2.45) is 0 Å². The Hall–Kier alpha value is -1.36. The zero-order valence-electron chi connectivity index (χ0n) is 11.2. The first-order valence-corrected chi connectivity index (χ1v) is 7.18. The van der Waals surface area contributed by atoms with Gasteiger partial charge >= 0.3 is 0 Å². The minimum Gasteiger partial charge on any atom is -0.476 e. The van der Waals surface area contributed by atoms with Crippen molar-refractivity contribution in [3.63, 3.8) is 0 Å². The summed E-state index contributed by atoms with van der Waals surface area (Å²) in [6.07, 6.45) is 1.73. The molecule has 0 saturated carbocycles. The third kappa shape index (κ3) is 3.03. The molecule has 0 amide bonds. The van der Waals surface area contributed by atoms with Gasteiger partial charge in [-0.25, -0.2) is 4.98 Å². The van der Waals surface area contributed by atoms with Crippen molar-refractivity contribution in [3.05, 3.63) is 35.5 Å². The van der Waals surface area contributed by atoms with E-state index in [-0.39, 0.29) is 0 Å². The summed E-state index contributed by atoms with van der Waals surface area (Å²) in [5, 5.41) is 2.66. The number of fused-ring (bicyclic) bond motifs is 1. The van der Waals surface area contributed by atoms with Crippen molar-refractivity contribution >= 4 is 22.4 Å². The number of hydrogen-bond acceptors (Lipinski definition) is 4. The van der Waals surface area contributed by atoms with Crippen molar-refractivity contribution in [2.45, 2.75) is 0 Å². The number of hydrogen-bond donors (Lipinski definition) is 0. The Labute approximate surface area is 123 Å². The standard InChI is InChI=1S/C15H17ClN2O2/c16-14-3-1-2-13-12(14)4-5-17-15(13)20-11-8-18-6-9-19-10-7-18/h1-5H,6-11H2. The highest BCUT2D eigenvalue weighted by Crippen LogP contribution is 2.28. The second-order valence-corrected chi connectivity index (χ2v) is 5.16. The van der Waals surface area contributed by atoms with Gasteiger partial charge in [-0.2, -0.15) is 0 Å². The Balaban J connectivity index is 1.66. The average Bonchev–Trinajstić information content (AvgIpc) is 2.49. The van der Waals surface area contributed by atoms with Crippen LogP contribution in [0.5, 0.6) is 5.88 Å². The quantitative estimate of drug-likeness (QED) is 0.867. The van der Waals surface area contributed by atoms with Crippen LogP contribution < -0.4 is 4.74 Å². The zero-order chi connectivity index (χ0) is 13.8. The third-order valence-electron chi connectivity index (χ3n) is 3.47. The van der Waals surface area contributed by atoms with E-state index in [2.05, 4.69) is 9.88 Å². The second-order valence-electron chi connectivity index (χ2n) is 4.75. The summed E-state index contributed by atoms with van der Waals surface area (Å²) >= 11 is 6.18. The number of aromatic nitrogens is 1. The van der Waals surface area contributed by atoms with Gasteiger partial charge in [-0.3, -0.25) is 4.90 Å². The molecular weight excluding hydrogens is 276 g/mol. The Morgan fingerprint density at radius 1 is 1.20 bits per heavy atom. The van der Waals surface area contributed by atoms with Gasteiger partial charge in [-0.15, -0.1) is 0 Å². The second kappa shape index (κ2) is 6.39. The fourth-order valence-electron chi connectivity index (χ4n) is 2.35. The van der Waals surface area contributed by atoms with Gasteiger partial charge in [0.1, 0.15) is 6.61 Å². The molecule has 0 aliphatic carbocycles. The predicted octanol–water partition coefficient (Wildman–Crippen LogP) is 2.60. The molecule has 5 heteroatoms. The Morgan fingerprint density at radius 3 is 2.90 bits per heavy atom. The van der Waals surface area contributed by atoms with Crippen molar-refractivity contribution < 1.29 is 9.47 Å². The molecule has 1 saturated heterocycles. The molecule has 1 fully saturated rings. The van der Waals surface area contributed by atoms with Crippen LogP contribution in [0, 0.1) is 0 Å². The molecule has 0 atom stereocenters. The molecule has 1 aliphatic rings. The lowest BCUT2D eigenvalue weighted by Crippen LogP contribution is -2.38. The first kappa shape index (κ1) is 13.6. The van der Waals surface area contributed by atoms with Crippen molar-refractivity contribution in [2.75, 3.05) is 39.5 Å². The maximum atomic E-state index is 6.18. The highest BCUT2D eigenvalue weighted by atomic mass is 35.5.